The lowest BCUT2D eigenvalue weighted by Gasteiger charge is -2.23. The second-order valence-electron chi connectivity index (χ2n) is 4.12. The van der Waals surface area contributed by atoms with Crippen LogP contribution in [0.5, 0.6) is 0 Å². The second kappa shape index (κ2) is 4.61. The first-order valence-electron chi connectivity index (χ1n) is 4.93. The molecule has 2 nitrogen and oxygen atoms in total. The number of Topliss-reactive ketones (excluding diaryl/α,β-unsaturated/α-hetero) is 1. The van der Waals surface area contributed by atoms with Gasteiger partial charge in [-0.15, -0.1) is 0 Å². The molecule has 12 heavy (non-hydrogen) atoms. The third-order valence-corrected chi connectivity index (χ3v) is 2.36. The van der Waals surface area contributed by atoms with Crippen LogP contribution in [0, 0.1) is 5.92 Å². The van der Waals surface area contributed by atoms with Crippen LogP contribution in [0.25, 0.3) is 0 Å². The molecule has 0 spiro atoms. The molecule has 1 saturated carbocycles. The van der Waals surface area contributed by atoms with E-state index >= 15 is 0 Å². The maximum atomic E-state index is 10.9. The predicted octanol–water partition coefficient (Wildman–Crippen LogP) is 1.74. The number of hydrogen-bond donors (Lipinski definition) is 1. The fourth-order valence-corrected chi connectivity index (χ4v) is 1.55. The van der Waals surface area contributed by atoms with Gasteiger partial charge in [0.25, 0.3) is 0 Å². The lowest BCUT2D eigenvalue weighted by atomic mass is 9.94. The first-order chi connectivity index (χ1) is 5.68. The van der Waals surface area contributed by atoms with Crippen molar-refractivity contribution >= 4 is 5.78 Å². The highest BCUT2D eigenvalue weighted by atomic mass is 16.1. The SMILES string of the molecule is CC(C)CNC1CCC(=O)CC1. The molecule has 0 aromatic carbocycles. The van der Waals surface area contributed by atoms with Gasteiger partial charge in [0.2, 0.25) is 0 Å². The number of nitrogens with one attached hydrogen (secondary N) is 1. The molecular weight excluding hydrogens is 150 g/mol. The Bertz CT molecular complexity index is 144. The van der Waals surface area contributed by atoms with Crippen LogP contribution in [0.15, 0.2) is 0 Å². The summed E-state index contributed by atoms with van der Waals surface area (Å²) in [5, 5.41) is 3.49. The minimum Gasteiger partial charge on any atom is -0.314 e. The van der Waals surface area contributed by atoms with Crippen LogP contribution in [-0.4, -0.2) is 18.4 Å². The van der Waals surface area contributed by atoms with Crippen molar-refractivity contribution in [1.82, 2.24) is 5.32 Å². The highest BCUT2D eigenvalue weighted by molar-refractivity contribution is 5.79. The van der Waals surface area contributed by atoms with Crippen molar-refractivity contribution in [2.24, 2.45) is 5.92 Å². The lowest BCUT2D eigenvalue weighted by Crippen LogP contribution is -2.35. The van der Waals surface area contributed by atoms with Crippen LogP contribution in [0.2, 0.25) is 0 Å². The molecule has 1 N–H and O–H groups in total. The van der Waals surface area contributed by atoms with Gasteiger partial charge in [-0.05, 0) is 25.3 Å². The van der Waals surface area contributed by atoms with E-state index in [0.717, 1.165) is 32.2 Å². The van der Waals surface area contributed by atoms with Gasteiger partial charge in [0.1, 0.15) is 5.78 Å². The summed E-state index contributed by atoms with van der Waals surface area (Å²) in [7, 11) is 0. The van der Waals surface area contributed by atoms with Crippen molar-refractivity contribution in [3.05, 3.63) is 0 Å². The van der Waals surface area contributed by atoms with E-state index in [4.69, 9.17) is 0 Å². The molecule has 0 radical (unpaired) electrons. The molecule has 1 aliphatic rings. The van der Waals surface area contributed by atoms with Crippen LogP contribution >= 0.6 is 0 Å². The molecule has 0 aromatic heterocycles. The minimum absolute atomic E-state index is 0.442. The van der Waals surface area contributed by atoms with Gasteiger partial charge in [-0.3, -0.25) is 4.79 Å². The molecule has 0 unspecified atom stereocenters. The maximum absolute atomic E-state index is 10.9. The first kappa shape index (κ1) is 9.72. The summed E-state index contributed by atoms with van der Waals surface area (Å²) in [6, 6.07) is 0.602. The van der Waals surface area contributed by atoms with Crippen molar-refractivity contribution in [3.8, 4) is 0 Å². The number of carbonyl (C=O) groups excluding carboxylic acids is 1. The molecule has 0 amide bonds. The summed E-state index contributed by atoms with van der Waals surface area (Å²) in [5.74, 6) is 1.15. The minimum atomic E-state index is 0.442. The van der Waals surface area contributed by atoms with Gasteiger partial charge in [0.15, 0.2) is 0 Å². The molecule has 0 bridgehead atoms. The van der Waals surface area contributed by atoms with Gasteiger partial charge >= 0.3 is 0 Å². The average Bonchev–Trinajstić information content (AvgIpc) is 2.03. The molecule has 1 aliphatic carbocycles. The van der Waals surface area contributed by atoms with E-state index in [1.807, 2.05) is 0 Å². The summed E-state index contributed by atoms with van der Waals surface area (Å²) >= 11 is 0. The Hall–Kier alpha value is -0.370. The zero-order valence-electron chi connectivity index (χ0n) is 8.10. The standard InChI is InChI=1S/C10H19NO/c1-8(2)7-11-9-3-5-10(12)6-4-9/h8-9,11H,3-7H2,1-2H3. The largest absolute Gasteiger partial charge is 0.314 e. The average molecular weight is 169 g/mol. The number of ketones is 1. The smallest absolute Gasteiger partial charge is 0.133 e. The first-order valence-corrected chi connectivity index (χ1v) is 4.93. The van der Waals surface area contributed by atoms with Gasteiger partial charge in [-0.1, -0.05) is 13.8 Å². The molecule has 1 fully saturated rings. The van der Waals surface area contributed by atoms with Gasteiger partial charge in [-0.25, -0.2) is 0 Å². The highest BCUT2D eigenvalue weighted by Gasteiger charge is 2.17. The number of rotatable bonds is 3. The van der Waals surface area contributed by atoms with Crippen molar-refractivity contribution < 1.29 is 4.79 Å². The van der Waals surface area contributed by atoms with Gasteiger partial charge in [0.05, 0.1) is 0 Å². The zero-order chi connectivity index (χ0) is 8.97. The molecule has 2 heteroatoms. The van der Waals surface area contributed by atoms with Crippen LogP contribution in [-0.2, 0) is 4.79 Å². The summed E-state index contributed by atoms with van der Waals surface area (Å²) in [5.41, 5.74) is 0. The summed E-state index contributed by atoms with van der Waals surface area (Å²) in [6.45, 7) is 5.50. The Kier molecular flexibility index (Phi) is 3.73. The zero-order valence-corrected chi connectivity index (χ0v) is 8.10. The predicted molar refractivity (Wildman–Crippen MR) is 50.1 cm³/mol. The molecule has 0 heterocycles. The van der Waals surface area contributed by atoms with Crippen LogP contribution in [0.4, 0.5) is 0 Å². The topological polar surface area (TPSA) is 29.1 Å². The molecule has 0 saturated heterocycles. The summed E-state index contributed by atoms with van der Waals surface area (Å²) in [6.07, 6.45) is 3.67. The lowest BCUT2D eigenvalue weighted by molar-refractivity contribution is -0.120. The van der Waals surface area contributed by atoms with E-state index in [9.17, 15) is 4.79 Å². The fraction of sp³-hybridized carbons (Fsp3) is 0.900. The highest BCUT2D eigenvalue weighted by Crippen LogP contribution is 2.14. The van der Waals surface area contributed by atoms with E-state index in [-0.39, 0.29) is 0 Å². The quantitative estimate of drug-likeness (QED) is 0.697. The van der Waals surface area contributed by atoms with Crippen molar-refractivity contribution in [3.63, 3.8) is 0 Å². The normalized spacial score (nSPS) is 20.4. The number of hydrogen-bond acceptors (Lipinski definition) is 2. The Morgan fingerprint density at radius 1 is 1.42 bits per heavy atom. The summed E-state index contributed by atoms with van der Waals surface area (Å²) in [4.78, 5) is 10.9. The third-order valence-electron chi connectivity index (χ3n) is 2.36. The fourth-order valence-electron chi connectivity index (χ4n) is 1.55. The Labute approximate surface area is 74.7 Å². The summed E-state index contributed by atoms with van der Waals surface area (Å²) < 4.78 is 0. The maximum Gasteiger partial charge on any atom is 0.133 e. The Morgan fingerprint density at radius 3 is 2.50 bits per heavy atom. The third kappa shape index (κ3) is 3.35. The number of carbonyl (C=O) groups is 1. The van der Waals surface area contributed by atoms with Gasteiger partial charge < -0.3 is 5.32 Å². The molecule has 1 rings (SSSR count). The van der Waals surface area contributed by atoms with Crippen LogP contribution in [0.3, 0.4) is 0 Å². The van der Waals surface area contributed by atoms with Crippen molar-refractivity contribution in [2.45, 2.75) is 45.6 Å². The Balaban J connectivity index is 2.13. The van der Waals surface area contributed by atoms with Crippen LogP contribution < -0.4 is 5.32 Å². The van der Waals surface area contributed by atoms with E-state index < -0.39 is 0 Å². The molecule has 0 atom stereocenters. The van der Waals surface area contributed by atoms with Crippen molar-refractivity contribution in [1.29, 1.82) is 0 Å². The Morgan fingerprint density at radius 2 is 2.00 bits per heavy atom. The van der Waals surface area contributed by atoms with Gasteiger partial charge in [0, 0.05) is 18.9 Å². The molecular formula is C10H19NO. The van der Waals surface area contributed by atoms with E-state index in [0.29, 0.717) is 17.7 Å². The molecule has 0 aliphatic heterocycles. The van der Waals surface area contributed by atoms with E-state index in [2.05, 4.69) is 19.2 Å². The van der Waals surface area contributed by atoms with Crippen LogP contribution in [0.1, 0.15) is 39.5 Å². The second-order valence-corrected chi connectivity index (χ2v) is 4.12. The van der Waals surface area contributed by atoms with Gasteiger partial charge in [-0.2, -0.15) is 0 Å². The van der Waals surface area contributed by atoms with Crippen molar-refractivity contribution in [2.75, 3.05) is 6.54 Å². The molecule has 70 valence electrons. The monoisotopic (exact) mass is 169 g/mol. The molecule has 0 aromatic rings. The van der Waals surface area contributed by atoms with E-state index in [1.165, 1.54) is 0 Å². The van der Waals surface area contributed by atoms with E-state index in [1.54, 1.807) is 0 Å².